The van der Waals surface area contributed by atoms with Crippen LogP contribution in [-0.4, -0.2) is 24.3 Å². The first-order valence-electron chi connectivity index (χ1n) is 5.30. The zero-order valence-corrected chi connectivity index (χ0v) is 10.1. The van der Waals surface area contributed by atoms with Gasteiger partial charge in [0, 0.05) is 12.1 Å². The van der Waals surface area contributed by atoms with Gasteiger partial charge in [-0.3, -0.25) is 0 Å². The summed E-state index contributed by atoms with van der Waals surface area (Å²) < 4.78 is 10.4. The first-order chi connectivity index (χ1) is 8.53. The van der Waals surface area contributed by atoms with E-state index in [9.17, 15) is 4.79 Å². The lowest BCUT2D eigenvalue weighted by Crippen LogP contribution is -2.14. The average Bonchev–Trinajstić information content (AvgIpc) is 2.36. The Morgan fingerprint density at radius 3 is 2.67 bits per heavy atom. The van der Waals surface area contributed by atoms with E-state index in [1.54, 1.807) is 6.92 Å². The van der Waals surface area contributed by atoms with Gasteiger partial charge in [0.2, 0.25) is 0 Å². The van der Waals surface area contributed by atoms with Gasteiger partial charge in [-0.15, -0.1) is 0 Å². The molecule has 0 aliphatic heterocycles. The fraction of sp³-hybridized carbons (Fsp3) is 0.333. The number of nitrogens with two attached hydrogens (primary N) is 1. The van der Waals surface area contributed by atoms with E-state index in [1.807, 2.05) is 6.07 Å². The van der Waals surface area contributed by atoms with Crippen molar-refractivity contribution in [2.75, 3.05) is 12.8 Å². The molecular weight excluding hydrogens is 236 g/mol. The molecule has 0 aliphatic rings. The van der Waals surface area contributed by atoms with E-state index >= 15 is 0 Å². The van der Waals surface area contributed by atoms with Gasteiger partial charge in [0.15, 0.2) is 17.6 Å². The van der Waals surface area contributed by atoms with E-state index in [0.29, 0.717) is 12.2 Å². The lowest BCUT2D eigenvalue weighted by molar-refractivity contribution is 0.0697. The van der Waals surface area contributed by atoms with Crippen LogP contribution in [0.5, 0.6) is 11.5 Å². The molecule has 1 atom stereocenters. The first-order valence-corrected chi connectivity index (χ1v) is 5.30. The normalized spacial score (nSPS) is 11.4. The Morgan fingerprint density at radius 2 is 2.22 bits per heavy atom. The maximum atomic E-state index is 11.0. The minimum absolute atomic E-state index is 0.0803. The fourth-order valence-corrected chi connectivity index (χ4v) is 1.37. The molecule has 0 saturated carbocycles. The second-order valence-corrected chi connectivity index (χ2v) is 3.54. The van der Waals surface area contributed by atoms with Crippen molar-refractivity contribution in [1.29, 1.82) is 5.26 Å². The predicted molar refractivity (Wildman–Crippen MR) is 64.7 cm³/mol. The minimum atomic E-state index is -1.16. The topological polar surface area (TPSA) is 106 Å². The molecule has 0 aromatic heterocycles. The highest BCUT2D eigenvalue weighted by molar-refractivity contribution is 5.94. The Bertz CT molecular complexity index is 494. The Morgan fingerprint density at radius 1 is 1.56 bits per heavy atom. The highest BCUT2D eigenvalue weighted by Crippen LogP contribution is 2.33. The van der Waals surface area contributed by atoms with Crippen molar-refractivity contribution in [2.45, 2.75) is 19.4 Å². The molecular formula is C12H14N2O4. The van der Waals surface area contributed by atoms with Crippen LogP contribution in [0.3, 0.4) is 0 Å². The number of methoxy groups -OCH3 is 1. The molecule has 0 fully saturated rings. The van der Waals surface area contributed by atoms with Gasteiger partial charge >= 0.3 is 5.97 Å². The maximum absolute atomic E-state index is 11.0. The highest BCUT2D eigenvalue weighted by Gasteiger charge is 2.17. The van der Waals surface area contributed by atoms with Crippen LogP contribution in [0.4, 0.5) is 5.69 Å². The fourth-order valence-electron chi connectivity index (χ4n) is 1.37. The molecule has 96 valence electrons. The number of rotatable bonds is 5. The van der Waals surface area contributed by atoms with E-state index in [2.05, 4.69) is 0 Å². The number of anilines is 1. The maximum Gasteiger partial charge on any atom is 0.337 e. The summed E-state index contributed by atoms with van der Waals surface area (Å²) in [5, 5.41) is 17.8. The second-order valence-electron chi connectivity index (χ2n) is 3.54. The van der Waals surface area contributed by atoms with Crippen LogP contribution in [-0.2, 0) is 0 Å². The summed E-state index contributed by atoms with van der Waals surface area (Å²) in [5.74, 6) is -0.672. The zero-order valence-electron chi connectivity index (χ0n) is 10.1. The number of benzene rings is 1. The van der Waals surface area contributed by atoms with E-state index in [0.717, 1.165) is 0 Å². The van der Waals surface area contributed by atoms with Crippen LogP contribution in [0.25, 0.3) is 0 Å². The molecule has 0 radical (unpaired) electrons. The van der Waals surface area contributed by atoms with Gasteiger partial charge < -0.3 is 20.3 Å². The molecule has 3 N–H and O–H groups in total. The van der Waals surface area contributed by atoms with Crippen molar-refractivity contribution in [2.24, 2.45) is 0 Å². The van der Waals surface area contributed by atoms with Crippen LogP contribution in [0, 0.1) is 11.3 Å². The van der Waals surface area contributed by atoms with Crippen molar-refractivity contribution in [1.82, 2.24) is 0 Å². The molecule has 0 heterocycles. The molecule has 0 amide bonds. The monoisotopic (exact) mass is 250 g/mol. The lowest BCUT2D eigenvalue weighted by atomic mass is 10.1. The smallest absolute Gasteiger partial charge is 0.337 e. The number of carbonyl (C=O) groups is 1. The molecule has 6 nitrogen and oxygen atoms in total. The van der Waals surface area contributed by atoms with E-state index in [-0.39, 0.29) is 17.0 Å². The number of carboxylic acids is 1. The Labute approximate surface area is 105 Å². The van der Waals surface area contributed by atoms with Gasteiger partial charge in [-0.25, -0.2) is 4.79 Å². The summed E-state index contributed by atoms with van der Waals surface area (Å²) in [6, 6.07) is 4.58. The van der Waals surface area contributed by atoms with Crippen LogP contribution >= 0.6 is 0 Å². The molecule has 0 aliphatic carbocycles. The molecule has 1 aromatic carbocycles. The third kappa shape index (κ3) is 2.83. The summed E-state index contributed by atoms with van der Waals surface area (Å²) in [4.78, 5) is 11.0. The van der Waals surface area contributed by atoms with Crippen molar-refractivity contribution < 1.29 is 19.4 Å². The van der Waals surface area contributed by atoms with Crippen LogP contribution < -0.4 is 15.2 Å². The summed E-state index contributed by atoms with van der Waals surface area (Å²) >= 11 is 0. The van der Waals surface area contributed by atoms with Gasteiger partial charge in [0.05, 0.1) is 18.4 Å². The largest absolute Gasteiger partial charge is 0.493 e. The first kappa shape index (κ1) is 13.6. The van der Waals surface area contributed by atoms with Crippen molar-refractivity contribution in [3.8, 4) is 17.6 Å². The number of nitriles is 1. The number of hydrogen-bond acceptors (Lipinski definition) is 5. The molecule has 1 aromatic rings. The lowest BCUT2D eigenvalue weighted by Gasteiger charge is -2.15. The van der Waals surface area contributed by atoms with Gasteiger partial charge in [-0.05, 0) is 6.42 Å². The number of hydrogen-bond donors (Lipinski definition) is 2. The minimum Gasteiger partial charge on any atom is -0.493 e. The van der Waals surface area contributed by atoms with E-state index in [1.165, 1.54) is 19.2 Å². The highest BCUT2D eigenvalue weighted by atomic mass is 16.5. The van der Waals surface area contributed by atoms with E-state index in [4.69, 9.17) is 25.6 Å². The summed E-state index contributed by atoms with van der Waals surface area (Å²) in [5.41, 5.74) is 5.58. The number of nitrogens with zero attached hydrogens (tertiary/aromatic N) is 1. The molecule has 0 bridgehead atoms. The van der Waals surface area contributed by atoms with Gasteiger partial charge in [-0.1, -0.05) is 6.92 Å². The third-order valence-corrected chi connectivity index (χ3v) is 2.35. The SMILES string of the molecule is CCC(C#N)Oc1cc(C(=O)O)c(N)cc1OC. The van der Waals surface area contributed by atoms with E-state index < -0.39 is 12.1 Å². The predicted octanol–water partition coefficient (Wildman–Crippen LogP) is 1.66. The standard InChI is InChI=1S/C12H14N2O4/c1-3-7(6-13)18-11-4-8(12(15)16)9(14)5-10(11)17-2/h4-5,7H,3,14H2,1-2H3,(H,15,16). The Balaban J connectivity index is 3.20. The molecule has 1 rings (SSSR count). The second kappa shape index (κ2) is 5.77. The van der Waals surface area contributed by atoms with Crippen molar-refractivity contribution in [3.63, 3.8) is 0 Å². The Kier molecular flexibility index (Phi) is 4.38. The quantitative estimate of drug-likeness (QED) is 0.770. The third-order valence-electron chi connectivity index (χ3n) is 2.35. The van der Waals surface area contributed by atoms with Crippen LogP contribution in [0.2, 0.25) is 0 Å². The number of ether oxygens (including phenoxy) is 2. The summed E-state index contributed by atoms with van der Waals surface area (Å²) in [7, 11) is 1.41. The number of nitrogen functional groups attached to an aromatic ring is 1. The van der Waals surface area contributed by atoms with Gasteiger partial charge in [0.25, 0.3) is 0 Å². The van der Waals surface area contributed by atoms with Crippen molar-refractivity contribution in [3.05, 3.63) is 17.7 Å². The number of aromatic carboxylic acids is 1. The van der Waals surface area contributed by atoms with Gasteiger partial charge in [-0.2, -0.15) is 5.26 Å². The van der Waals surface area contributed by atoms with Crippen molar-refractivity contribution >= 4 is 11.7 Å². The molecule has 18 heavy (non-hydrogen) atoms. The Hall–Kier alpha value is -2.42. The number of carboxylic acid groups (broad SMARTS) is 1. The summed E-state index contributed by atoms with van der Waals surface area (Å²) in [6.45, 7) is 1.79. The van der Waals surface area contributed by atoms with Gasteiger partial charge in [0.1, 0.15) is 6.07 Å². The molecule has 0 spiro atoms. The van der Waals surface area contributed by atoms with Crippen LogP contribution in [0.1, 0.15) is 23.7 Å². The molecule has 1 unspecified atom stereocenters. The van der Waals surface area contributed by atoms with Crippen LogP contribution in [0.15, 0.2) is 12.1 Å². The zero-order chi connectivity index (χ0) is 13.7. The molecule has 6 heteroatoms. The average molecular weight is 250 g/mol. The molecule has 0 saturated heterocycles. The summed E-state index contributed by atoms with van der Waals surface area (Å²) in [6.07, 6.45) is -0.184.